The fraction of sp³-hybridized carbons (Fsp3) is 0.217. The monoisotopic (exact) mass is 453 g/mol. The minimum absolute atomic E-state index is 0. The number of hydrogen-bond acceptors (Lipinski definition) is 5. The molecule has 1 aromatic carbocycles. The highest BCUT2D eigenvalue weighted by atomic mass is 35.5. The van der Waals surface area contributed by atoms with Gasteiger partial charge in [-0.25, -0.2) is 15.4 Å². The van der Waals surface area contributed by atoms with Crippen LogP contribution < -0.4 is 5.48 Å². The van der Waals surface area contributed by atoms with Crippen LogP contribution in [-0.2, 0) is 9.59 Å². The quantitative estimate of drug-likeness (QED) is 0.312. The van der Waals surface area contributed by atoms with Gasteiger partial charge < -0.3 is 9.88 Å². The van der Waals surface area contributed by atoms with E-state index in [4.69, 9.17) is 10.2 Å². The molecule has 3 N–H and O–H groups in total. The van der Waals surface area contributed by atoms with Crippen LogP contribution in [-0.4, -0.2) is 50.0 Å². The van der Waals surface area contributed by atoms with Gasteiger partial charge in [0.25, 0.3) is 5.91 Å². The van der Waals surface area contributed by atoms with Crippen LogP contribution in [0.4, 0.5) is 0 Å². The van der Waals surface area contributed by atoms with Crippen LogP contribution in [0.5, 0.6) is 0 Å². The lowest BCUT2D eigenvalue weighted by Gasteiger charge is -2.30. The lowest BCUT2D eigenvalue weighted by atomic mass is 9.96. The van der Waals surface area contributed by atoms with E-state index in [0.29, 0.717) is 30.4 Å². The van der Waals surface area contributed by atoms with Crippen LogP contribution in [0, 0.1) is 0 Å². The maximum absolute atomic E-state index is 12.6. The first-order valence-corrected chi connectivity index (χ1v) is 10.1. The Morgan fingerprint density at radius 2 is 1.69 bits per heavy atom. The molecule has 3 aromatic rings. The third kappa shape index (κ3) is 5.60. The number of benzene rings is 1. The highest BCUT2D eigenvalue weighted by Crippen LogP contribution is 2.27. The minimum Gasteiger partial charge on any atom is -0.342 e. The van der Waals surface area contributed by atoms with Crippen LogP contribution in [0.1, 0.15) is 36.0 Å². The molecule has 8 nitrogen and oxygen atoms in total. The van der Waals surface area contributed by atoms with E-state index in [9.17, 15) is 9.59 Å². The van der Waals surface area contributed by atoms with E-state index >= 15 is 0 Å². The molecule has 4 rings (SSSR count). The lowest BCUT2D eigenvalue weighted by molar-refractivity contribution is -0.127. The number of para-hydroxylation sites is 2. The molecule has 1 fully saturated rings. The van der Waals surface area contributed by atoms with Gasteiger partial charge in [-0.05, 0) is 49.3 Å². The molecule has 9 heteroatoms. The van der Waals surface area contributed by atoms with Crippen molar-refractivity contribution in [3.05, 3.63) is 71.8 Å². The van der Waals surface area contributed by atoms with Crippen molar-refractivity contribution in [1.82, 2.24) is 25.3 Å². The maximum Gasteiger partial charge on any atom is 0.267 e. The average molecular weight is 454 g/mol. The summed E-state index contributed by atoms with van der Waals surface area (Å²) < 4.78 is 0. The molecule has 3 heterocycles. The second-order valence-corrected chi connectivity index (χ2v) is 7.37. The number of likely N-dealkylation sites (tertiary alicyclic amines) is 1. The first-order valence-electron chi connectivity index (χ1n) is 10.1. The third-order valence-corrected chi connectivity index (χ3v) is 5.31. The number of carbonyl (C=O) groups excluding carboxylic acids is 2. The van der Waals surface area contributed by atoms with Crippen molar-refractivity contribution >= 4 is 47.4 Å². The normalized spacial score (nSPS) is 14.7. The summed E-state index contributed by atoms with van der Waals surface area (Å²) in [6, 6.07) is 13.3. The van der Waals surface area contributed by atoms with Crippen molar-refractivity contribution < 1.29 is 14.8 Å². The molecule has 2 aromatic heterocycles. The topological polar surface area (TPSA) is 111 Å². The number of H-pyrrole nitrogens is 1. The average Bonchev–Trinajstić information content (AvgIpc) is 3.26. The van der Waals surface area contributed by atoms with Crippen molar-refractivity contribution in [3.63, 3.8) is 0 Å². The van der Waals surface area contributed by atoms with Gasteiger partial charge in [0.2, 0.25) is 5.91 Å². The van der Waals surface area contributed by atoms with Crippen LogP contribution in [0.2, 0.25) is 0 Å². The van der Waals surface area contributed by atoms with Crippen molar-refractivity contribution in [2.24, 2.45) is 0 Å². The Bertz CT molecular complexity index is 1120. The number of nitrogens with zero attached hydrogens (tertiary/aromatic N) is 3. The zero-order chi connectivity index (χ0) is 21.6. The van der Waals surface area contributed by atoms with Crippen molar-refractivity contribution in [1.29, 1.82) is 0 Å². The van der Waals surface area contributed by atoms with E-state index < -0.39 is 5.91 Å². The molecule has 0 unspecified atom stereocenters. The second-order valence-electron chi connectivity index (χ2n) is 7.37. The summed E-state index contributed by atoms with van der Waals surface area (Å²) in [4.78, 5) is 37.9. The summed E-state index contributed by atoms with van der Waals surface area (Å²) in [6.45, 7) is 1.36. The van der Waals surface area contributed by atoms with Crippen LogP contribution in [0.15, 0.2) is 54.6 Å². The van der Waals surface area contributed by atoms with E-state index in [2.05, 4.69) is 9.97 Å². The molecule has 1 aliphatic heterocycles. The molecule has 0 aliphatic carbocycles. The Hall–Kier alpha value is -3.49. The minimum atomic E-state index is -0.635. The first-order chi connectivity index (χ1) is 15.1. The summed E-state index contributed by atoms with van der Waals surface area (Å²) in [5.74, 6) is 0.629. The molecule has 0 spiro atoms. The summed E-state index contributed by atoms with van der Waals surface area (Å²) in [6.07, 6.45) is 7.57. The fourth-order valence-corrected chi connectivity index (χ4v) is 3.65. The van der Waals surface area contributed by atoms with Gasteiger partial charge in [-0.1, -0.05) is 18.2 Å². The summed E-state index contributed by atoms with van der Waals surface area (Å²) in [5, 5.41) is 8.52. The van der Waals surface area contributed by atoms with Gasteiger partial charge >= 0.3 is 0 Å². The number of halogens is 1. The standard InChI is InChI=1S/C23H23N5O3.ClH/c29-21(27-31)10-8-17-4-3-5-18(24-17)9-11-22(30)28-14-12-16(13-15-28)23-25-19-6-1-2-7-20(19)26-23;/h1-11,16,31H,12-15H2,(H,25,26)(H,27,29);1H/b10-8+,11-9+;. The Kier molecular flexibility index (Phi) is 7.75. The van der Waals surface area contributed by atoms with Crippen molar-refractivity contribution in [2.75, 3.05) is 13.1 Å². The molecule has 2 amide bonds. The van der Waals surface area contributed by atoms with E-state index in [1.807, 2.05) is 29.2 Å². The molecule has 0 saturated carbocycles. The van der Waals surface area contributed by atoms with Gasteiger partial charge in [0.15, 0.2) is 0 Å². The molecule has 0 radical (unpaired) electrons. The predicted octanol–water partition coefficient (Wildman–Crippen LogP) is 3.32. The van der Waals surface area contributed by atoms with Crippen molar-refractivity contribution in [2.45, 2.75) is 18.8 Å². The van der Waals surface area contributed by atoms with Crippen LogP contribution >= 0.6 is 12.4 Å². The van der Waals surface area contributed by atoms with E-state index in [1.165, 1.54) is 23.7 Å². The van der Waals surface area contributed by atoms with E-state index in [0.717, 1.165) is 29.7 Å². The Labute approximate surface area is 191 Å². The Morgan fingerprint density at radius 1 is 1.00 bits per heavy atom. The number of aromatic amines is 1. The van der Waals surface area contributed by atoms with Crippen molar-refractivity contribution in [3.8, 4) is 0 Å². The highest BCUT2D eigenvalue weighted by molar-refractivity contribution is 5.92. The lowest BCUT2D eigenvalue weighted by Crippen LogP contribution is -2.37. The Morgan fingerprint density at radius 3 is 2.38 bits per heavy atom. The van der Waals surface area contributed by atoms with Gasteiger partial charge in [0.05, 0.1) is 22.4 Å². The molecule has 1 saturated heterocycles. The van der Waals surface area contributed by atoms with E-state index in [-0.39, 0.29) is 18.3 Å². The molecule has 0 atom stereocenters. The number of carbonyl (C=O) groups is 2. The molecular weight excluding hydrogens is 430 g/mol. The number of imidazole rings is 1. The number of aromatic nitrogens is 3. The first kappa shape index (κ1) is 23.2. The fourth-order valence-electron chi connectivity index (χ4n) is 3.65. The zero-order valence-corrected chi connectivity index (χ0v) is 18.1. The number of nitrogens with one attached hydrogen (secondary N) is 2. The highest BCUT2D eigenvalue weighted by Gasteiger charge is 2.24. The molecule has 166 valence electrons. The molecule has 32 heavy (non-hydrogen) atoms. The number of fused-ring (bicyclic) bond motifs is 1. The summed E-state index contributed by atoms with van der Waals surface area (Å²) >= 11 is 0. The smallest absolute Gasteiger partial charge is 0.267 e. The Balaban J connectivity index is 0.00000289. The molecular formula is C23H24ClN5O3. The van der Waals surface area contributed by atoms with Gasteiger partial charge in [0, 0.05) is 31.2 Å². The number of amides is 2. The maximum atomic E-state index is 12.6. The van der Waals surface area contributed by atoms with Gasteiger partial charge in [-0.3, -0.25) is 14.8 Å². The summed E-state index contributed by atoms with van der Waals surface area (Å²) in [5.41, 5.74) is 4.69. The summed E-state index contributed by atoms with van der Waals surface area (Å²) in [7, 11) is 0. The van der Waals surface area contributed by atoms with Crippen LogP contribution in [0.3, 0.4) is 0 Å². The number of rotatable bonds is 5. The number of piperidine rings is 1. The third-order valence-electron chi connectivity index (χ3n) is 5.31. The van der Waals surface area contributed by atoms with E-state index in [1.54, 1.807) is 24.3 Å². The molecule has 0 bridgehead atoms. The van der Waals surface area contributed by atoms with Crippen LogP contribution in [0.25, 0.3) is 23.2 Å². The number of pyridine rings is 1. The number of hydrogen-bond donors (Lipinski definition) is 3. The zero-order valence-electron chi connectivity index (χ0n) is 17.3. The second kappa shape index (κ2) is 10.7. The molecule has 1 aliphatic rings. The predicted molar refractivity (Wildman–Crippen MR) is 124 cm³/mol. The van der Waals surface area contributed by atoms with Gasteiger partial charge in [-0.2, -0.15) is 0 Å². The number of hydroxylamine groups is 1. The SMILES string of the molecule is Cl.O=C(/C=C/c1cccc(/C=C/C(=O)N2CCC(c3nc4ccccc4[nH]3)CC2)n1)NO. The largest absolute Gasteiger partial charge is 0.342 e. The van der Waals surface area contributed by atoms with Gasteiger partial charge in [-0.15, -0.1) is 12.4 Å². The van der Waals surface area contributed by atoms with Gasteiger partial charge in [0.1, 0.15) is 5.82 Å².